The van der Waals surface area contributed by atoms with E-state index in [9.17, 15) is 0 Å². The van der Waals surface area contributed by atoms with E-state index in [0.717, 1.165) is 5.56 Å². The fourth-order valence-electron chi connectivity index (χ4n) is 2.11. The third kappa shape index (κ3) is 1.83. The van der Waals surface area contributed by atoms with Gasteiger partial charge in [-0.1, -0.05) is 30.3 Å². The zero-order chi connectivity index (χ0) is 11.7. The van der Waals surface area contributed by atoms with Crippen LogP contribution < -0.4 is 5.73 Å². The van der Waals surface area contributed by atoms with Gasteiger partial charge in [0, 0.05) is 18.3 Å². The lowest BCUT2D eigenvalue weighted by molar-refractivity contribution is 1.07. The summed E-state index contributed by atoms with van der Waals surface area (Å²) >= 11 is 0. The molecule has 2 heteroatoms. The number of nitrogens with two attached hydrogens (primary N) is 1. The van der Waals surface area contributed by atoms with Gasteiger partial charge in [-0.15, -0.1) is 0 Å². The summed E-state index contributed by atoms with van der Waals surface area (Å²) in [6.45, 7) is 0.582. The standard InChI is InChI=1S/C15H14N2/c16-10-11-2-1-3-13(8-11)14-5-4-12-6-7-17-15(12)9-14/h1-9,17H,10,16H2. The normalized spacial score (nSPS) is 10.9. The van der Waals surface area contributed by atoms with Crippen LogP contribution in [-0.4, -0.2) is 4.98 Å². The Kier molecular flexibility index (Phi) is 2.42. The molecule has 0 bridgehead atoms. The highest BCUT2D eigenvalue weighted by atomic mass is 14.7. The largest absolute Gasteiger partial charge is 0.361 e. The summed E-state index contributed by atoms with van der Waals surface area (Å²) in [7, 11) is 0. The van der Waals surface area contributed by atoms with E-state index in [1.54, 1.807) is 0 Å². The van der Waals surface area contributed by atoms with E-state index in [1.165, 1.54) is 22.0 Å². The van der Waals surface area contributed by atoms with Crippen LogP contribution in [0.5, 0.6) is 0 Å². The van der Waals surface area contributed by atoms with E-state index in [-0.39, 0.29) is 0 Å². The van der Waals surface area contributed by atoms with Crippen LogP contribution in [0.15, 0.2) is 54.7 Å². The molecule has 2 aromatic carbocycles. The Hall–Kier alpha value is -2.06. The predicted molar refractivity (Wildman–Crippen MR) is 71.6 cm³/mol. The zero-order valence-corrected chi connectivity index (χ0v) is 9.48. The second kappa shape index (κ2) is 4.07. The average molecular weight is 222 g/mol. The maximum atomic E-state index is 5.66. The first-order valence-electron chi connectivity index (χ1n) is 5.73. The highest BCUT2D eigenvalue weighted by Gasteiger charge is 2.01. The Morgan fingerprint density at radius 3 is 2.71 bits per heavy atom. The van der Waals surface area contributed by atoms with Crippen molar-refractivity contribution in [2.45, 2.75) is 6.54 Å². The lowest BCUT2D eigenvalue weighted by Gasteiger charge is -2.04. The van der Waals surface area contributed by atoms with Gasteiger partial charge in [-0.05, 0) is 40.3 Å². The van der Waals surface area contributed by atoms with Gasteiger partial charge in [-0.25, -0.2) is 0 Å². The van der Waals surface area contributed by atoms with Crippen molar-refractivity contribution < 1.29 is 0 Å². The molecule has 3 N–H and O–H groups in total. The first-order chi connectivity index (χ1) is 8.36. The lowest BCUT2D eigenvalue weighted by Crippen LogP contribution is -1.95. The van der Waals surface area contributed by atoms with E-state index in [4.69, 9.17) is 5.73 Å². The predicted octanol–water partition coefficient (Wildman–Crippen LogP) is 3.29. The van der Waals surface area contributed by atoms with Crippen LogP contribution in [0.4, 0.5) is 0 Å². The van der Waals surface area contributed by atoms with Gasteiger partial charge in [-0.3, -0.25) is 0 Å². The van der Waals surface area contributed by atoms with Crippen LogP contribution in [0.3, 0.4) is 0 Å². The topological polar surface area (TPSA) is 41.8 Å². The monoisotopic (exact) mass is 222 g/mol. The van der Waals surface area contributed by atoms with Crippen LogP contribution in [0.25, 0.3) is 22.0 Å². The van der Waals surface area contributed by atoms with Gasteiger partial charge < -0.3 is 10.7 Å². The number of aromatic amines is 1. The maximum absolute atomic E-state index is 5.66. The Labute approximate surface area is 100 Å². The van der Waals surface area contributed by atoms with E-state index in [2.05, 4.69) is 53.5 Å². The van der Waals surface area contributed by atoms with Gasteiger partial charge in [0.05, 0.1) is 0 Å². The summed E-state index contributed by atoms with van der Waals surface area (Å²) < 4.78 is 0. The molecule has 0 saturated heterocycles. The molecule has 0 aliphatic carbocycles. The number of hydrogen-bond acceptors (Lipinski definition) is 1. The van der Waals surface area contributed by atoms with Crippen molar-refractivity contribution in [3.63, 3.8) is 0 Å². The fourth-order valence-corrected chi connectivity index (χ4v) is 2.11. The van der Waals surface area contributed by atoms with Crippen molar-refractivity contribution >= 4 is 10.9 Å². The summed E-state index contributed by atoms with van der Waals surface area (Å²) in [5.41, 5.74) is 10.4. The Balaban J connectivity index is 2.12. The quantitative estimate of drug-likeness (QED) is 0.686. The third-order valence-electron chi connectivity index (χ3n) is 3.05. The minimum absolute atomic E-state index is 0.582. The highest BCUT2D eigenvalue weighted by Crippen LogP contribution is 2.24. The molecule has 17 heavy (non-hydrogen) atoms. The molecule has 0 fully saturated rings. The summed E-state index contributed by atoms with van der Waals surface area (Å²) in [6, 6.07) is 16.9. The molecule has 0 atom stereocenters. The number of aromatic nitrogens is 1. The van der Waals surface area contributed by atoms with Gasteiger partial charge in [0.1, 0.15) is 0 Å². The van der Waals surface area contributed by atoms with Crippen molar-refractivity contribution in [3.05, 3.63) is 60.3 Å². The lowest BCUT2D eigenvalue weighted by atomic mass is 10.0. The van der Waals surface area contributed by atoms with Crippen molar-refractivity contribution in [1.29, 1.82) is 0 Å². The highest BCUT2D eigenvalue weighted by molar-refractivity contribution is 5.84. The number of H-pyrrole nitrogens is 1. The molecule has 3 aromatic rings. The molecule has 0 saturated carbocycles. The summed E-state index contributed by atoms with van der Waals surface area (Å²) in [5, 5.41) is 1.24. The molecule has 0 amide bonds. The second-order valence-electron chi connectivity index (χ2n) is 4.18. The van der Waals surface area contributed by atoms with E-state index in [0.29, 0.717) is 6.54 Å². The average Bonchev–Trinajstić information content (AvgIpc) is 2.86. The van der Waals surface area contributed by atoms with Crippen LogP contribution in [0, 0.1) is 0 Å². The van der Waals surface area contributed by atoms with Gasteiger partial charge in [0.15, 0.2) is 0 Å². The Bertz CT molecular complexity index is 653. The molecule has 0 aliphatic rings. The fraction of sp³-hybridized carbons (Fsp3) is 0.0667. The molecule has 2 nitrogen and oxygen atoms in total. The van der Waals surface area contributed by atoms with Gasteiger partial charge in [0.2, 0.25) is 0 Å². The molecule has 0 aliphatic heterocycles. The first kappa shape index (κ1) is 10.1. The Morgan fingerprint density at radius 1 is 0.941 bits per heavy atom. The molecule has 0 radical (unpaired) electrons. The van der Waals surface area contributed by atoms with Crippen molar-refractivity contribution in [1.82, 2.24) is 4.98 Å². The molecule has 1 heterocycles. The van der Waals surface area contributed by atoms with Crippen molar-refractivity contribution in [2.24, 2.45) is 5.73 Å². The summed E-state index contributed by atoms with van der Waals surface area (Å²) in [5.74, 6) is 0. The SMILES string of the molecule is NCc1cccc(-c2ccc3cc[nH]c3c2)c1. The minimum Gasteiger partial charge on any atom is -0.361 e. The number of benzene rings is 2. The summed E-state index contributed by atoms with van der Waals surface area (Å²) in [6.07, 6.45) is 1.96. The van der Waals surface area contributed by atoms with Crippen LogP contribution >= 0.6 is 0 Å². The van der Waals surface area contributed by atoms with Crippen LogP contribution in [0.1, 0.15) is 5.56 Å². The van der Waals surface area contributed by atoms with Crippen molar-refractivity contribution in [2.75, 3.05) is 0 Å². The Morgan fingerprint density at radius 2 is 1.82 bits per heavy atom. The van der Waals surface area contributed by atoms with Crippen LogP contribution in [-0.2, 0) is 6.54 Å². The van der Waals surface area contributed by atoms with Crippen molar-refractivity contribution in [3.8, 4) is 11.1 Å². The van der Waals surface area contributed by atoms with Crippen LogP contribution in [0.2, 0.25) is 0 Å². The van der Waals surface area contributed by atoms with E-state index in [1.807, 2.05) is 6.20 Å². The first-order valence-corrected chi connectivity index (χ1v) is 5.73. The molecule has 3 rings (SSSR count). The summed E-state index contributed by atoms with van der Waals surface area (Å²) in [4.78, 5) is 3.23. The number of hydrogen-bond donors (Lipinski definition) is 2. The molecule has 84 valence electrons. The number of rotatable bonds is 2. The third-order valence-corrected chi connectivity index (χ3v) is 3.05. The van der Waals surface area contributed by atoms with Gasteiger partial charge in [0.25, 0.3) is 0 Å². The minimum atomic E-state index is 0.582. The van der Waals surface area contributed by atoms with Gasteiger partial charge in [-0.2, -0.15) is 0 Å². The number of fused-ring (bicyclic) bond motifs is 1. The number of nitrogens with one attached hydrogen (secondary N) is 1. The smallest absolute Gasteiger partial charge is 0.0460 e. The van der Waals surface area contributed by atoms with Gasteiger partial charge >= 0.3 is 0 Å². The second-order valence-corrected chi connectivity index (χ2v) is 4.18. The molecular weight excluding hydrogens is 208 g/mol. The van der Waals surface area contributed by atoms with E-state index >= 15 is 0 Å². The molecule has 0 unspecified atom stereocenters. The molecule has 1 aromatic heterocycles. The zero-order valence-electron chi connectivity index (χ0n) is 9.48. The van der Waals surface area contributed by atoms with E-state index < -0.39 is 0 Å². The molecule has 0 spiro atoms. The maximum Gasteiger partial charge on any atom is 0.0460 e. The molecular formula is C15H14N2.